The van der Waals surface area contributed by atoms with Crippen molar-refractivity contribution < 1.29 is 0 Å². The van der Waals surface area contributed by atoms with Gasteiger partial charge in [0.15, 0.2) is 0 Å². The zero-order valence-electron chi connectivity index (χ0n) is 9.28. The van der Waals surface area contributed by atoms with E-state index in [-0.39, 0.29) is 5.41 Å². The monoisotopic (exact) mass is 176 g/mol. The molecule has 0 heteroatoms. The van der Waals surface area contributed by atoms with Gasteiger partial charge in [0.05, 0.1) is 0 Å². The van der Waals surface area contributed by atoms with Gasteiger partial charge in [0.1, 0.15) is 0 Å². The van der Waals surface area contributed by atoms with Crippen LogP contribution in [0.15, 0.2) is 35.5 Å². The summed E-state index contributed by atoms with van der Waals surface area (Å²) < 4.78 is 0. The Bertz CT molecular complexity index is 274. The Morgan fingerprint density at radius 2 is 2.15 bits per heavy atom. The predicted molar refractivity (Wildman–Crippen MR) is 59.7 cm³/mol. The molecule has 72 valence electrons. The Kier molecular flexibility index (Phi) is 2.80. The van der Waals surface area contributed by atoms with Crippen LogP contribution >= 0.6 is 0 Å². The van der Waals surface area contributed by atoms with Crippen LogP contribution in [0.2, 0.25) is 0 Å². The van der Waals surface area contributed by atoms with E-state index in [0.29, 0.717) is 0 Å². The van der Waals surface area contributed by atoms with Gasteiger partial charge in [-0.05, 0) is 30.8 Å². The van der Waals surface area contributed by atoms with Crippen LogP contribution in [0.5, 0.6) is 0 Å². The minimum Gasteiger partial charge on any atom is -0.0955 e. The van der Waals surface area contributed by atoms with Gasteiger partial charge in [-0.15, -0.1) is 0 Å². The summed E-state index contributed by atoms with van der Waals surface area (Å²) in [7, 11) is 0. The largest absolute Gasteiger partial charge is 0.0955 e. The first-order valence-corrected chi connectivity index (χ1v) is 5.04. The molecule has 0 spiro atoms. The van der Waals surface area contributed by atoms with Crippen molar-refractivity contribution in [1.29, 1.82) is 0 Å². The van der Waals surface area contributed by atoms with Gasteiger partial charge in [-0.3, -0.25) is 0 Å². The molecule has 0 heterocycles. The standard InChI is InChI=1S/C13H20/c1-6-11(3)12-9-10(2)7-8-13(12,4)5/h7,9H,3,6,8H2,1-2,4-5H3. The van der Waals surface area contributed by atoms with E-state index in [1.54, 1.807) is 0 Å². The fourth-order valence-corrected chi connectivity index (χ4v) is 1.78. The first-order chi connectivity index (χ1) is 5.97. The Balaban J connectivity index is 3.01. The van der Waals surface area contributed by atoms with E-state index in [1.807, 2.05) is 0 Å². The van der Waals surface area contributed by atoms with Crippen LogP contribution in [-0.2, 0) is 0 Å². The Hall–Kier alpha value is -0.780. The second kappa shape index (κ2) is 3.53. The van der Waals surface area contributed by atoms with Crippen molar-refractivity contribution in [2.45, 2.75) is 40.5 Å². The fraction of sp³-hybridized carbons (Fsp3) is 0.538. The Morgan fingerprint density at radius 3 is 2.69 bits per heavy atom. The summed E-state index contributed by atoms with van der Waals surface area (Å²) in [5.74, 6) is 0. The average Bonchev–Trinajstić information content (AvgIpc) is 2.08. The minimum atomic E-state index is 0.284. The summed E-state index contributed by atoms with van der Waals surface area (Å²) in [5.41, 5.74) is 4.39. The summed E-state index contributed by atoms with van der Waals surface area (Å²) >= 11 is 0. The topological polar surface area (TPSA) is 0 Å². The molecule has 0 atom stereocenters. The molecule has 0 aromatic carbocycles. The molecule has 0 radical (unpaired) electrons. The summed E-state index contributed by atoms with van der Waals surface area (Å²) in [5, 5.41) is 0. The Morgan fingerprint density at radius 1 is 1.54 bits per heavy atom. The molecule has 0 N–H and O–H groups in total. The van der Waals surface area contributed by atoms with Gasteiger partial charge in [0, 0.05) is 0 Å². The molecule has 13 heavy (non-hydrogen) atoms. The van der Waals surface area contributed by atoms with Crippen molar-refractivity contribution in [2.24, 2.45) is 5.41 Å². The van der Waals surface area contributed by atoms with Crippen LogP contribution in [0.3, 0.4) is 0 Å². The van der Waals surface area contributed by atoms with Crippen molar-refractivity contribution in [3.8, 4) is 0 Å². The first-order valence-electron chi connectivity index (χ1n) is 5.04. The van der Waals surface area contributed by atoms with E-state index < -0.39 is 0 Å². The van der Waals surface area contributed by atoms with Crippen LogP contribution in [0, 0.1) is 5.41 Å². The molecular formula is C13H20. The van der Waals surface area contributed by atoms with Gasteiger partial charge in [-0.2, -0.15) is 0 Å². The zero-order chi connectivity index (χ0) is 10.1. The maximum atomic E-state index is 4.13. The van der Waals surface area contributed by atoms with Crippen molar-refractivity contribution in [1.82, 2.24) is 0 Å². The predicted octanol–water partition coefficient (Wildman–Crippen LogP) is 4.26. The summed E-state index contributed by atoms with van der Waals surface area (Å²) in [4.78, 5) is 0. The molecule has 0 saturated heterocycles. The first kappa shape index (κ1) is 10.3. The number of rotatable bonds is 2. The van der Waals surface area contributed by atoms with Gasteiger partial charge in [-0.1, -0.05) is 50.6 Å². The van der Waals surface area contributed by atoms with Crippen molar-refractivity contribution in [2.75, 3.05) is 0 Å². The summed E-state index contributed by atoms with van der Waals surface area (Å²) in [6.45, 7) is 13.1. The van der Waals surface area contributed by atoms with E-state index in [0.717, 1.165) is 12.8 Å². The molecule has 0 saturated carbocycles. The minimum absolute atomic E-state index is 0.284. The average molecular weight is 176 g/mol. The number of allylic oxidation sites excluding steroid dienone is 5. The molecule has 0 fully saturated rings. The maximum Gasteiger partial charge on any atom is -0.00663 e. The van der Waals surface area contributed by atoms with Crippen LogP contribution in [0.4, 0.5) is 0 Å². The van der Waals surface area contributed by atoms with Crippen LogP contribution in [0.1, 0.15) is 40.5 Å². The van der Waals surface area contributed by atoms with Gasteiger partial charge >= 0.3 is 0 Å². The lowest BCUT2D eigenvalue weighted by Gasteiger charge is -2.31. The molecular weight excluding hydrogens is 156 g/mol. The lowest BCUT2D eigenvalue weighted by atomic mass is 9.73. The van der Waals surface area contributed by atoms with E-state index in [4.69, 9.17) is 0 Å². The van der Waals surface area contributed by atoms with E-state index in [1.165, 1.54) is 16.7 Å². The molecule has 0 nitrogen and oxygen atoms in total. The molecule has 0 bridgehead atoms. The number of hydrogen-bond acceptors (Lipinski definition) is 0. The van der Waals surface area contributed by atoms with E-state index in [9.17, 15) is 0 Å². The zero-order valence-corrected chi connectivity index (χ0v) is 9.28. The van der Waals surface area contributed by atoms with Gasteiger partial charge in [-0.25, -0.2) is 0 Å². The van der Waals surface area contributed by atoms with Gasteiger partial charge in [0.2, 0.25) is 0 Å². The molecule has 1 rings (SSSR count). The summed E-state index contributed by atoms with van der Waals surface area (Å²) in [6, 6.07) is 0. The SMILES string of the molecule is C=C(CC)C1=CC(C)=CCC1(C)C. The summed E-state index contributed by atoms with van der Waals surface area (Å²) in [6.07, 6.45) is 6.80. The molecule has 1 aliphatic carbocycles. The normalized spacial score (nSPS) is 20.6. The third kappa shape index (κ3) is 2.12. The van der Waals surface area contributed by atoms with Crippen LogP contribution in [0.25, 0.3) is 0 Å². The maximum absolute atomic E-state index is 4.13. The highest BCUT2D eigenvalue weighted by atomic mass is 14.3. The number of hydrogen-bond donors (Lipinski definition) is 0. The van der Waals surface area contributed by atoms with Crippen LogP contribution in [-0.4, -0.2) is 0 Å². The molecule has 1 aliphatic rings. The van der Waals surface area contributed by atoms with Crippen molar-refractivity contribution >= 4 is 0 Å². The second-order valence-corrected chi connectivity index (χ2v) is 4.55. The highest BCUT2D eigenvalue weighted by Gasteiger charge is 2.25. The second-order valence-electron chi connectivity index (χ2n) is 4.55. The fourth-order valence-electron chi connectivity index (χ4n) is 1.78. The smallest absolute Gasteiger partial charge is 0.00663 e. The van der Waals surface area contributed by atoms with E-state index >= 15 is 0 Å². The molecule has 0 aromatic heterocycles. The van der Waals surface area contributed by atoms with Crippen molar-refractivity contribution in [3.05, 3.63) is 35.5 Å². The van der Waals surface area contributed by atoms with Crippen molar-refractivity contribution in [3.63, 3.8) is 0 Å². The third-order valence-corrected chi connectivity index (χ3v) is 2.84. The molecule has 0 amide bonds. The molecule has 0 unspecified atom stereocenters. The van der Waals surface area contributed by atoms with E-state index in [2.05, 4.69) is 46.4 Å². The van der Waals surface area contributed by atoms with Gasteiger partial charge < -0.3 is 0 Å². The lowest BCUT2D eigenvalue weighted by Crippen LogP contribution is -2.18. The van der Waals surface area contributed by atoms with Gasteiger partial charge in [0.25, 0.3) is 0 Å². The van der Waals surface area contributed by atoms with Crippen LogP contribution < -0.4 is 0 Å². The quantitative estimate of drug-likeness (QED) is 0.590. The third-order valence-electron chi connectivity index (χ3n) is 2.84. The lowest BCUT2D eigenvalue weighted by molar-refractivity contribution is 0.450. The highest BCUT2D eigenvalue weighted by Crippen LogP contribution is 2.39. The highest BCUT2D eigenvalue weighted by molar-refractivity contribution is 5.42. The molecule has 0 aliphatic heterocycles. The molecule has 0 aromatic rings. The Labute approximate surface area is 82.0 Å².